The number of morpholine rings is 1. The minimum atomic E-state index is -0.415. The molecular formula is C24H30N2O4. The van der Waals surface area contributed by atoms with E-state index in [9.17, 15) is 9.59 Å². The summed E-state index contributed by atoms with van der Waals surface area (Å²) in [5, 5.41) is 2.90. The van der Waals surface area contributed by atoms with Gasteiger partial charge in [0.1, 0.15) is 12.7 Å². The molecule has 6 nitrogen and oxygen atoms in total. The molecule has 2 aromatic carbocycles. The van der Waals surface area contributed by atoms with E-state index in [1.165, 1.54) is 5.56 Å². The predicted molar refractivity (Wildman–Crippen MR) is 115 cm³/mol. The molecular weight excluding hydrogens is 380 g/mol. The number of nitrogens with zero attached hydrogens (tertiary/aromatic N) is 1. The van der Waals surface area contributed by atoms with Gasteiger partial charge in [0.25, 0.3) is 5.91 Å². The molecule has 0 aromatic heterocycles. The van der Waals surface area contributed by atoms with Gasteiger partial charge in [0, 0.05) is 30.7 Å². The first-order chi connectivity index (χ1) is 14.3. The van der Waals surface area contributed by atoms with Crippen LogP contribution in [0, 0.1) is 0 Å². The third-order valence-electron chi connectivity index (χ3n) is 4.74. The monoisotopic (exact) mass is 410 g/mol. The van der Waals surface area contributed by atoms with E-state index in [0.717, 1.165) is 13.1 Å². The molecule has 1 atom stereocenters. The van der Waals surface area contributed by atoms with Crippen LogP contribution in [0.25, 0.3) is 0 Å². The number of carbonyl (C=O) groups excluding carboxylic acids is 2. The van der Waals surface area contributed by atoms with Crippen molar-refractivity contribution in [1.29, 1.82) is 0 Å². The van der Waals surface area contributed by atoms with Crippen LogP contribution >= 0.6 is 0 Å². The smallest absolute Gasteiger partial charge is 0.338 e. The van der Waals surface area contributed by atoms with Crippen molar-refractivity contribution in [2.45, 2.75) is 39.0 Å². The molecule has 1 N–H and O–H groups in total. The molecule has 1 aliphatic rings. The first kappa shape index (κ1) is 22.0. The Morgan fingerprint density at radius 1 is 1.07 bits per heavy atom. The van der Waals surface area contributed by atoms with Gasteiger partial charge in [-0.05, 0) is 50.6 Å². The second kappa shape index (κ2) is 9.87. The van der Waals surface area contributed by atoms with Crippen LogP contribution in [0.2, 0.25) is 0 Å². The Balaban J connectivity index is 1.48. The van der Waals surface area contributed by atoms with Crippen LogP contribution in [0.1, 0.15) is 47.1 Å². The highest BCUT2D eigenvalue weighted by atomic mass is 16.6. The van der Waals surface area contributed by atoms with Crippen molar-refractivity contribution in [2.75, 3.05) is 26.3 Å². The van der Waals surface area contributed by atoms with E-state index in [-0.39, 0.29) is 24.2 Å². The van der Waals surface area contributed by atoms with Crippen molar-refractivity contribution in [3.05, 3.63) is 71.3 Å². The van der Waals surface area contributed by atoms with E-state index in [1.54, 1.807) is 24.3 Å². The molecule has 1 saturated heterocycles. The SMILES string of the molecule is CC(C)(C)NC(=O)c1ccc(C(=O)OCC2CN(Cc3ccccc3)CCO2)cc1. The largest absolute Gasteiger partial charge is 0.459 e. The van der Waals surface area contributed by atoms with Gasteiger partial charge in [-0.25, -0.2) is 4.79 Å². The van der Waals surface area contributed by atoms with Gasteiger partial charge in [-0.3, -0.25) is 9.69 Å². The lowest BCUT2D eigenvalue weighted by Gasteiger charge is -2.32. The third-order valence-corrected chi connectivity index (χ3v) is 4.74. The summed E-state index contributed by atoms with van der Waals surface area (Å²) in [4.78, 5) is 26.9. The number of carbonyl (C=O) groups is 2. The number of hydrogen-bond acceptors (Lipinski definition) is 5. The molecule has 2 aromatic rings. The molecule has 1 fully saturated rings. The molecule has 3 rings (SSSR count). The van der Waals surface area contributed by atoms with Crippen LogP contribution in [-0.2, 0) is 16.0 Å². The maximum absolute atomic E-state index is 12.4. The van der Waals surface area contributed by atoms with Crippen molar-refractivity contribution in [1.82, 2.24) is 10.2 Å². The van der Waals surface area contributed by atoms with E-state index < -0.39 is 5.97 Å². The van der Waals surface area contributed by atoms with E-state index in [1.807, 2.05) is 39.0 Å². The highest BCUT2D eigenvalue weighted by Crippen LogP contribution is 2.13. The van der Waals surface area contributed by atoms with Crippen molar-refractivity contribution >= 4 is 11.9 Å². The fraction of sp³-hybridized carbons (Fsp3) is 0.417. The van der Waals surface area contributed by atoms with Gasteiger partial charge in [-0.15, -0.1) is 0 Å². The van der Waals surface area contributed by atoms with Gasteiger partial charge in [-0.1, -0.05) is 30.3 Å². The van der Waals surface area contributed by atoms with Gasteiger partial charge >= 0.3 is 5.97 Å². The van der Waals surface area contributed by atoms with Crippen LogP contribution in [0.5, 0.6) is 0 Å². The molecule has 1 aliphatic heterocycles. The van der Waals surface area contributed by atoms with Crippen molar-refractivity contribution in [2.24, 2.45) is 0 Å². The number of amides is 1. The molecule has 1 heterocycles. The molecule has 0 aliphatic carbocycles. The molecule has 1 unspecified atom stereocenters. The molecule has 0 bridgehead atoms. The molecule has 0 spiro atoms. The lowest BCUT2D eigenvalue weighted by atomic mass is 10.1. The van der Waals surface area contributed by atoms with Crippen molar-refractivity contribution in [3.63, 3.8) is 0 Å². The Hall–Kier alpha value is -2.70. The number of nitrogens with one attached hydrogen (secondary N) is 1. The first-order valence-electron chi connectivity index (χ1n) is 10.3. The fourth-order valence-corrected chi connectivity index (χ4v) is 3.29. The molecule has 0 saturated carbocycles. The fourth-order valence-electron chi connectivity index (χ4n) is 3.29. The van der Waals surface area contributed by atoms with Crippen LogP contribution < -0.4 is 5.32 Å². The number of esters is 1. The Labute approximate surface area is 178 Å². The standard InChI is InChI=1S/C24H30N2O4/c1-24(2,3)25-22(27)19-9-11-20(12-10-19)23(28)30-17-21-16-26(13-14-29-21)15-18-7-5-4-6-8-18/h4-12,21H,13-17H2,1-3H3,(H,25,27). The second-order valence-corrected chi connectivity index (χ2v) is 8.59. The maximum Gasteiger partial charge on any atom is 0.338 e. The number of rotatable bonds is 6. The minimum absolute atomic E-state index is 0.150. The lowest BCUT2D eigenvalue weighted by Crippen LogP contribution is -2.44. The highest BCUT2D eigenvalue weighted by Gasteiger charge is 2.22. The average molecular weight is 411 g/mol. The summed E-state index contributed by atoms with van der Waals surface area (Å²) in [6.45, 7) is 9.02. The van der Waals surface area contributed by atoms with Crippen LogP contribution in [0.4, 0.5) is 0 Å². The molecule has 160 valence electrons. The maximum atomic E-state index is 12.4. The van der Waals surface area contributed by atoms with E-state index >= 15 is 0 Å². The highest BCUT2D eigenvalue weighted by molar-refractivity contribution is 5.96. The lowest BCUT2D eigenvalue weighted by molar-refractivity contribution is -0.0612. The van der Waals surface area contributed by atoms with Crippen LogP contribution in [0.15, 0.2) is 54.6 Å². The summed E-state index contributed by atoms with van der Waals surface area (Å²) >= 11 is 0. The Morgan fingerprint density at radius 2 is 1.73 bits per heavy atom. The predicted octanol–water partition coefficient (Wildman–Crippen LogP) is 3.27. The zero-order chi connectivity index (χ0) is 21.6. The van der Waals surface area contributed by atoms with Crippen LogP contribution in [-0.4, -0.2) is 54.7 Å². The number of benzene rings is 2. The summed E-state index contributed by atoms with van der Waals surface area (Å²) in [6, 6.07) is 16.8. The average Bonchev–Trinajstić information content (AvgIpc) is 2.72. The zero-order valence-corrected chi connectivity index (χ0v) is 17.9. The zero-order valence-electron chi connectivity index (χ0n) is 17.9. The summed E-state index contributed by atoms with van der Waals surface area (Å²) < 4.78 is 11.2. The Bertz CT molecular complexity index is 844. The molecule has 6 heteroatoms. The van der Waals surface area contributed by atoms with Gasteiger partial charge in [0.15, 0.2) is 0 Å². The minimum Gasteiger partial charge on any atom is -0.459 e. The summed E-state index contributed by atoms with van der Waals surface area (Å²) in [7, 11) is 0. The van der Waals surface area contributed by atoms with Gasteiger partial charge < -0.3 is 14.8 Å². The third kappa shape index (κ3) is 6.68. The first-order valence-corrected chi connectivity index (χ1v) is 10.3. The van der Waals surface area contributed by atoms with Gasteiger partial charge in [-0.2, -0.15) is 0 Å². The summed E-state index contributed by atoms with van der Waals surface area (Å²) in [6.07, 6.45) is -0.150. The molecule has 1 amide bonds. The Kier molecular flexibility index (Phi) is 7.24. The number of ether oxygens (including phenoxy) is 2. The van der Waals surface area contributed by atoms with E-state index in [2.05, 4.69) is 22.3 Å². The van der Waals surface area contributed by atoms with Gasteiger partial charge in [0.2, 0.25) is 0 Å². The van der Waals surface area contributed by atoms with E-state index in [4.69, 9.17) is 9.47 Å². The van der Waals surface area contributed by atoms with Crippen molar-refractivity contribution < 1.29 is 19.1 Å². The van der Waals surface area contributed by atoms with Crippen molar-refractivity contribution in [3.8, 4) is 0 Å². The molecule has 0 radical (unpaired) electrons. The van der Waals surface area contributed by atoms with Crippen LogP contribution in [0.3, 0.4) is 0 Å². The summed E-state index contributed by atoms with van der Waals surface area (Å²) in [5.74, 6) is -0.585. The Morgan fingerprint density at radius 3 is 2.40 bits per heavy atom. The van der Waals surface area contributed by atoms with Gasteiger partial charge in [0.05, 0.1) is 12.2 Å². The van der Waals surface area contributed by atoms with E-state index in [0.29, 0.717) is 24.3 Å². The summed E-state index contributed by atoms with van der Waals surface area (Å²) in [5.41, 5.74) is 1.86. The normalized spacial score (nSPS) is 17.4. The molecule has 30 heavy (non-hydrogen) atoms. The second-order valence-electron chi connectivity index (χ2n) is 8.59. The number of hydrogen-bond donors (Lipinski definition) is 1. The topological polar surface area (TPSA) is 67.9 Å². The quantitative estimate of drug-likeness (QED) is 0.741.